The first-order valence-electron chi connectivity index (χ1n) is 8.22. The van der Waals surface area contributed by atoms with Crippen molar-refractivity contribution in [2.45, 2.75) is 4.90 Å². The lowest BCUT2D eigenvalue weighted by atomic mass is 10.2. The minimum atomic E-state index is -3.90. The van der Waals surface area contributed by atoms with Crippen molar-refractivity contribution in [2.24, 2.45) is 0 Å². The van der Waals surface area contributed by atoms with Crippen LogP contribution in [-0.4, -0.2) is 21.4 Å². The number of sulfonamides is 1. The second-order valence-corrected chi connectivity index (χ2v) is 8.40. The van der Waals surface area contributed by atoms with E-state index in [-0.39, 0.29) is 10.5 Å². The van der Waals surface area contributed by atoms with E-state index < -0.39 is 15.9 Å². The molecule has 0 aromatic heterocycles. The topological polar surface area (TPSA) is 84.5 Å². The van der Waals surface area contributed by atoms with Gasteiger partial charge in [0.25, 0.3) is 15.9 Å². The van der Waals surface area contributed by atoms with Crippen molar-refractivity contribution in [3.63, 3.8) is 0 Å². The predicted molar refractivity (Wildman–Crippen MR) is 112 cm³/mol. The van der Waals surface area contributed by atoms with Gasteiger partial charge in [0.2, 0.25) is 0 Å². The highest BCUT2D eigenvalue weighted by molar-refractivity contribution is 9.10. The lowest BCUT2D eigenvalue weighted by Gasteiger charge is -2.12. The third kappa shape index (κ3) is 4.71. The number of methoxy groups -OCH3 is 1. The summed E-state index contributed by atoms with van der Waals surface area (Å²) in [7, 11) is -2.44. The van der Waals surface area contributed by atoms with Crippen molar-refractivity contribution >= 4 is 43.2 Å². The molecule has 0 aliphatic rings. The third-order valence-corrected chi connectivity index (χ3v) is 5.70. The summed E-state index contributed by atoms with van der Waals surface area (Å²) in [6.45, 7) is 0. The molecule has 0 saturated carbocycles. The fraction of sp³-hybridized carbons (Fsp3) is 0.0500. The van der Waals surface area contributed by atoms with Gasteiger partial charge in [-0.05, 0) is 48.5 Å². The molecule has 8 heteroatoms. The first kappa shape index (κ1) is 19.9. The van der Waals surface area contributed by atoms with Gasteiger partial charge in [0.15, 0.2) is 0 Å². The monoisotopic (exact) mass is 460 g/mol. The van der Waals surface area contributed by atoms with Crippen molar-refractivity contribution in [1.29, 1.82) is 0 Å². The van der Waals surface area contributed by atoms with Crippen LogP contribution in [0.2, 0.25) is 0 Å². The minimum Gasteiger partial charge on any atom is -0.495 e. The Bertz CT molecular complexity index is 1120. The SMILES string of the molecule is COc1ccccc1NS(=O)(=O)c1cccc(C(=O)Nc2cccc(Br)c2)c1. The molecule has 3 rings (SSSR count). The Kier molecular flexibility index (Phi) is 6.01. The Balaban J connectivity index is 1.84. The van der Waals surface area contributed by atoms with Gasteiger partial charge in [-0.3, -0.25) is 9.52 Å². The molecule has 28 heavy (non-hydrogen) atoms. The van der Waals surface area contributed by atoms with Crippen LogP contribution in [0.4, 0.5) is 11.4 Å². The number of rotatable bonds is 6. The quantitative estimate of drug-likeness (QED) is 0.566. The van der Waals surface area contributed by atoms with Crippen molar-refractivity contribution in [2.75, 3.05) is 17.1 Å². The Morgan fingerprint density at radius 1 is 0.964 bits per heavy atom. The van der Waals surface area contributed by atoms with Crippen LogP contribution in [0.1, 0.15) is 10.4 Å². The number of carbonyl (C=O) groups is 1. The summed E-state index contributed by atoms with van der Waals surface area (Å²) in [6.07, 6.45) is 0. The van der Waals surface area contributed by atoms with Gasteiger partial charge >= 0.3 is 0 Å². The number of carbonyl (C=O) groups excluding carboxylic acids is 1. The molecule has 0 heterocycles. The molecule has 3 aromatic carbocycles. The van der Waals surface area contributed by atoms with Gasteiger partial charge in [-0.25, -0.2) is 8.42 Å². The van der Waals surface area contributed by atoms with Crippen LogP contribution in [-0.2, 0) is 10.0 Å². The molecule has 0 unspecified atom stereocenters. The summed E-state index contributed by atoms with van der Waals surface area (Å²) < 4.78 is 34.0. The van der Waals surface area contributed by atoms with Crippen molar-refractivity contribution < 1.29 is 17.9 Å². The van der Waals surface area contributed by atoms with E-state index in [9.17, 15) is 13.2 Å². The lowest BCUT2D eigenvalue weighted by Crippen LogP contribution is -2.16. The average molecular weight is 461 g/mol. The molecule has 0 saturated heterocycles. The zero-order chi connectivity index (χ0) is 20.1. The first-order chi connectivity index (χ1) is 13.4. The average Bonchev–Trinajstić information content (AvgIpc) is 2.68. The number of hydrogen-bond acceptors (Lipinski definition) is 4. The maximum absolute atomic E-state index is 12.7. The fourth-order valence-corrected chi connectivity index (χ4v) is 4.02. The van der Waals surface area contributed by atoms with Crippen LogP contribution in [0, 0.1) is 0 Å². The van der Waals surface area contributed by atoms with Gasteiger partial charge in [-0.15, -0.1) is 0 Å². The van der Waals surface area contributed by atoms with Crippen molar-refractivity contribution in [3.05, 3.63) is 82.8 Å². The molecule has 144 valence electrons. The largest absolute Gasteiger partial charge is 0.495 e. The number of hydrogen-bond donors (Lipinski definition) is 2. The molecule has 0 aliphatic heterocycles. The van der Waals surface area contributed by atoms with Gasteiger partial charge in [0.05, 0.1) is 17.7 Å². The molecule has 6 nitrogen and oxygen atoms in total. The van der Waals surface area contributed by atoms with Gasteiger partial charge < -0.3 is 10.1 Å². The Morgan fingerprint density at radius 2 is 1.71 bits per heavy atom. The number of anilines is 2. The van der Waals surface area contributed by atoms with Crippen LogP contribution >= 0.6 is 15.9 Å². The van der Waals surface area contributed by atoms with E-state index in [1.54, 1.807) is 48.5 Å². The second kappa shape index (κ2) is 8.45. The molecule has 0 spiro atoms. The van der Waals surface area contributed by atoms with E-state index in [1.807, 2.05) is 6.07 Å². The summed E-state index contributed by atoms with van der Waals surface area (Å²) in [5.74, 6) is -0.0120. The molecule has 1 amide bonds. The number of amides is 1. The second-order valence-electron chi connectivity index (χ2n) is 5.80. The lowest BCUT2D eigenvalue weighted by molar-refractivity contribution is 0.102. The number of nitrogens with one attached hydrogen (secondary N) is 2. The van der Waals surface area contributed by atoms with E-state index in [4.69, 9.17) is 4.74 Å². The van der Waals surface area contributed by atoms with Crippen LogP contribution in [0.5, 0.6) is 5.75 Å². The van der Waals surface area contributed by atoms with Crippen LogP contribution in [0.15, 0.2) is 82.2 Å². The molecular formula is C20H17BrN2O4S. The van der Waals surface area contributed by atoms with Gasteiger partial charge in [-0.2, -0.15) is 0 Å². The van der Waals surface area contributed by atoms with Crippen LogP contribution in [0.3, 0.4) is 0 Å². The zero-order valence-corrected chi connectivity index (χ0v) is 17.2. The zero-order valence-electron chi connectivity index (χ0n) is 14.8. The highest BCUT2D eigenvalue weighted by atomic mass is 79.9. The molecule has 3 aromatic rings. The molecule has 0 fully saturated rings. The van der Waals surface area contributed by atoms with E-state index >= 15 is 0 Å². The maximum Gasteiger partial charge on any atom is 0.262 e. The van der Waals surface area contributed by atoms with Gasteiger partial charge in [0.1, 0.15) is 5.75 Å². The summed E-state index contributed by atoms with van der Waals surface area (Å²) in [4.78, 5) is 12.5. The number of para-hydroxylation sites is 2. The summed E-state index contributed by atoms with van der Waals surface area (Å²) in [5, 5.41) is 2.74. The number of ether oxygens (including phenoxy) is 1. The standard InChI is InChI=1S/C20H17BrN2O4S/c1-27-19-11-3-2-10-18(19)23-28(25,26)17-9-4-6-14(12-17)20(24)22-16-8-5-7-15(21)13-16/h2-13,23H,1H3,(H,22,24). The van der Waals surface area contributed by atoms with Gasteiger partial charge in [-0.1, -0.05) is 40.2 Å². The van der Waals surface area contributed by atoms with E-state index in [0.717, 1.165) is 4.47 Å². The molecule has 0 aliphatic carbocycles. The Hall–Kier alpha value is -2.84. The molecule has 2 N–H and O–H groups in total. The Morgan fingerprint density at radius 3 is 2.46 bits per heavy atom. The Labute approximate surface area is 171 Å². The number of halogens is 1. The van der Waals surface area contributed by atoms with Crippen molar-refractivity contribution in [3.8, 4) is 5.75 Å². The van der Waals surface area contributed by atoms with E-state index in [0.29, 0.717) is 17.1 Å². The van der Waals surface area contributed by atoms with Crippen molar-refractivity contribution in [1.82, 2.24) is 0 Å². The maximum atomic E-state index is 12.7. The van der Waals surface area contributed by atoms with Crippen LogP contribution in [0.25, 0.3) is 0 Å². The van der Waals surface area contributed by atoms with Crippen LogP contribution < -0.4 is 14.8 Å². The molecule has 0 bridgehead atoms. The molecular weight excluding hydrogens is 444 g/mol. The molecule has 0 radical (unpaired) electrons. The smallest absolute Gasteiger partial charge is 0.262 e. The summed E-state index contributed by atoms with van der Waals surface area (Å²) >= 11 is 3.34. The van der Waals surface area contributed by atoms with Gasteiger partial charge in [0, 0.05) is 15.7 Å². The first-order valence-corrected chi connectivity index (χ1v) is 10.5. The molecule has 0 atom stereocenters. The summed E-state index contributed by atoms with van der Waals surface area (Å²) in [6, 6.07) is 19.6. The highest BCUT2D eigenvalue weighted by Gasteiger charge is 2.18. The van der Waals surface area contributed by atoms with E-state index in [2.05, 4.69) is 26.0 Å². The van der Waals surface area contributed by atoms with E-state index in [1.165, 1.54) is 25.3 Å². The summed E-state index contributed by atoms with van der Waals surface area (Å²) in [5.41, 5.74) is 1.14. The highest BCUT2D eigenvalue weighted by Crippen LogP contribution is 2.26. The normalized spacial score (nSPS) is 10.9. The fourth-order valence-electron chi connectivity index (χ4n) is 2.51. The number of benzene rings is 3. The predicted octanol–water partition coefficient (Wildman–Crippen LogP) is 4.51. The third-order valence-electron chi connectivity index (χ3n) is 3.84. The minimum absolute atomic E-state index is 0.0275.